The van der Waals surface area contributed by atoms with Crippen molar-refractivity contribution in [3.8, 4) is 0 Å². The van der Waals surface area contributed by atoms with Crippen LogP contribution in [-0.2, 0) is 4.79 Å². The number of hydrogen-bond acceptors (Lipinski definition) is 6. The molecule has 18 heavy (non-hydrogen) atoms. The van der Waals surface area contributed by atoms with Gasteiger partial charge in [-0.3, -0.25) is 15.0 Å². The van der Waals surface area contributed by atoms with Gasteiger partial charge in [-0.2, -0.15) is 0 Å². The van der Waals surface area contributed by atoms with E-state index in [1.54, 1.807) is 6.92 Å². The molecular weight excluding hydrogens is 234 g/mol. The third kappa shape index (κ3) is 3.51. The second kappa shape index (κ2) is 5.92. The third-order valence-electron chi connectivity index (χ3n) is 3.05. The smallest absolute Gasteiger partial charge is 0.322 e. The summed E-state index contributed by atoms with van der Waals surface area (Å²) in [4.78, 5) is 13.9. The van der Waals surface area contributed by atoms with E-state index < -0.39 is 0 Å². The summed E-state index contributed by atoms with van der Waals surface area (Å²) in [5, 5.41) is 13.2. The number of likely N-dealkylation sites (N-methyl/N-ethyl adjacent to an activating group) is 1. The number of anilines is 1. The maximum Gasteiger partial charge on any atom is 0.322 e. The Kier molecular flexibility index (Phi) is 4.27. The minimum Gasteiger partial charge on any atom is -0.408 e. The molecule has 0 spiro atoms. The van der Waals surface area contributed by atoms with Gasteiger partial charge in [0.2, 0.25) is 11.8 Å². The maximum atomic E-state index is 11.8. The van der Waals surface area contributed by atoms with Gasteiger partial charge in [-0.15, -0.1) is 5.10 Å². The summed E-state index contributed by atoms with van der Waals surface area (Å²) in [6.07, 6.45) is 2.27. The second-order valence-corrected chi connectivity index (χ2v) is 4.54. The molecule has 0 radical (unpaired) electrons. The molecule has 1 fully saturated rings. The van der Waals surface area contributed by atoms with Gasteiger partial charge in [0.1, 0.15) is 0 Å². The molecule has 100 valence electrons. The normalized spacial score (nSPS) is 20.9. The number of carbonyl (C=O) groups is 1. The number of rotatable bonds is 4. The molecule has 1 amide bonds. The van der Waals surface area contributed by atoms with Crippen LogP contribution >= 0.6 is 0 Å². The van der Waals surface area contributed by atoms with E-state index in [0.29, 0.717) is 18.5 Å². The number of hydrogen-bond donors (Lipinski definition) is 2. The Labute approximate surface area is 106 Å². The van der Waals surface area contributed by atoms with Gasteiger partial charge in [0, 0.05) is 19.5 Å². The predicted molar refractivity (Wildman–Crippen MR) is 66.2 cm³/mol. The van der Waals surface area contributed by atoms with Crippen LogP contribution < -0.4 is 10.6 Å². The van der Waals surface area contributed by atoms with Crippen molar-refractivity contribution in [2.45, 2.75) is 25.8 Å². The van der Waals surface area contributed by atoms with Crippen LogP contribution in [0.5, 0.6) is 0 Å². The van der Waals surface area contributed by atoms with Crippen molar-refractivity contribution < 1.29 is 9.21 Å². The van der Waals surface area contributed by atoms with Crippen LogP contribution in [0.4, 0.5) is 6.01 Å². The first-order valence-corrected chi connectivity index (χ1v) is 6.17. The molecule has 2 rings (SSSR count). The Bertz CT molecular complexity index is 406. The van der Waals surface area contributed by atoms with Crippen molar-refractivity contribution >= 4 is 11.9 Å². The number of likely N-dealkylation sites (tertiary alicyclic amines) is 1. The summed E-state index contributed by atoms with van der Waals surface area (Å²) in [7, 11) is 1.95. The molecule has 2 N–H and O–H groups in total. The van der Waals surface area contributed by atoms with Gasteiger partial charge in [0.15, 0.2) is 0 Å². The minimum absolute atomic E-state index is 0.115. The average Bonchev–Trinajstić information content (AvgIpc) is 2.74. The molecule has 2 heterocycles. The van der Waals surface area contributed by atoms with Gasteiger partial charge >= 0.3 is 6.01 Å². The zero-order valence-electron chi connectivity index (χ0n) is 10.8. The number of piperidine rings is 1. The molecular formula is C11H19N5O2. The van der Waals surface area contributed by atoms with E-state index >= 15 is 0 Å². The van der Waals surface area contributed by atoms with Gasteiger partial charge in [0.05, 0.1) is 6.54 Å². The summed E-state index contributed by atoms with van der Waals surface area (Å²) in [6.45, 7) is 3.89. The van der Waals surface area contributed by atoms with E-state index in [0.717, 1.165) is 25.9 Å². The molecule has 0 saturated carbocycles. The van der Waals surface area contributed by atoms with Crippen molar-refractivity contribution in [2.24, 2.45) is 0 Å². The largest absolute Gasteiger partial charge is 0.408 e. The lowest BCUT2D eigenvalue weighted by atomic mass is 10.1. The van der Waals surface area contributed by atoms with E-state index in [1.807, 2.05) is 7.05 Å². The Morgan fingerprint density at radius 3 is 3.06 bits per heavy atom. The quantitative estimate of drug-likeness (QED) is 0.786. The predicted octanol–water partition coefficient (Wildman–Crippen LogP) is 0.000320. The van der Waals surface area contributed by atoms with Crippen LogP contribution in [-0.4, -0.2) is 53.7 Å². The van der Waals surface area contributed by atoms with E-state index in [1.165, 1.54) is 0 Å². The molecule has 7 nitrogen and oxygen atoms in total. The van der Waals surface area contributed by atoms with Crippen LogP contribution in [0.25, 0.3) is 0 Å². The van der Waals surface area contributed by atoms with Crippen LogP contribution in [0.2, 0.25) is 0 Å². The molecule has 1 aromatic rings. The number of amides is 1. The summed E-state index contributed by atoms with van der Waals surface area (Å²) in [6, 6.07) is 0.636. The molecule has 1 saturated heterocycles. The Morgan fingerprint density at radius 1 is 1.56 bits per heavy atom. The topological polar surface area (TPSA) is 83.3 Å². The van der Waals surface area contributed by atoms with Gasteiger partial charge in [-0.1, -0.05) is 5.10 Å². The molecule has 7 heteroatoms. The lowest BCUT2D eigenvalue weighted by Gasteiger charge is -2.31. The zero-order valence-corrected chi connectivity index (χ0v) is 10.8. The van der Waals surface area contributed by atoms with Crippen LogP contribution in [0.1, 0.15) is 18.7 Å². The van der Waals surface area contributed by atoms with E-state index in [4.69, 9.17) is 4.42 Å². The fraction of sp³-hybridized carbons (Fsp3) is 0.727. The molecule has 1 aromatic heterocycles. The number of aryl methyl sites for hydroxylation is 1. The van der Waals surface area contributed by atoms with Gasteiger partial charge < -0.3 is 9.73 Å². The van der Waals surface area contributed by atoms with Gasteiger partial charge in [0.25, 0.3) is 0 Å². The first-order valence-electron chi connectivity index (χ1n) is 6.17. The fourth-order valence-corrected chi connectivity index (χ4v) is 2.14. The third-order valence-corrected chi connectivity index (χ3v) is 3.05. The summed E-state index contributed by atoms with van der Waals surface area (Å²) in [5.74, 6) is 0.328. The fourth-order valence-electron chi connectivity index (χ4n) is 2.14. The van der Waals surface area contributed by atoms with E-state index in [-0.39, 0.29) is 11.9 Å². The van der Waals surface area contributed by atoms with Crippen molar-refractivity contribution in [2.75, 3.05) is 32.0 Å². The van der Waals surface area contributed by atoms with Crippen molar-refractivity contribution in [1.29, 1.82) is 0 Å². The first-order chi connectivity index (χ1) is 8.67. The molecule has 0 aliphatic carbocycles. The standard InChI is InChI=1S/C11H19N5O2/c1-8-14-15-11(18-8)13-10(17)7-16-5-3-4-9(6-16)12-2/h9,12H,3-7H2,1-2H3,(H,13,15,17). The Hall–Kier alpha value is -1.47. The molecule has 0 bridgehead atoms. The molecule has 1 atom stereocenters. The van der Waals surface area contributed by atoms with Crippen LogP contribution in [0.3, 0.4) is 0 Å². The lowest BCUT2D eigenvalue weighted by Crippen LogP contribution is -2.46. The van der Waals surface area contributed by atoms with Crippen molar-refractivity contribution in [1.82, 2.24) is 20.4 Å². The second-order valence-electron chi connectivity index (χ2n) is 4.54. The van der Waals surface area contributed by atoms with E-state index in [9.17, 15) is 4.79 Å². The number of nitrogens with zero attached hydrogens (tertiary/aromatic N) is 3. The van der Waals surface area contributed by atoms with Crippen molar-refractivity contribution in [3.05, 3.63) is 5.89 Å². The highest BCUT2D eigenvalue weighted by atomic mass is 16.4. The maximum absolute atomic E-state index is 11.8. The molecule has 1 aliphatic heterocycles. The lowest BCUT2D eigenvalue weighted by molar-refractivity contribution is -0.117. The van der Waals surface area contributed by atoms with Gasteiger partial charge in [-0.05, 0) is 26.4 Å². The van der Waals surface area contributed by atoms with E-state index in [2.05, 4.69) is 25.7 Å². The summed E-state index contributed by atoms with van der Waals surface area (Å²) >= 11 is 0. The minimum atomic E-state index is -0.115. The summed E-state index contributed by atoms with van der Waals surface area (Å²) in [5.41, 5.74) is 0. The first kappa shape index (κ1) is 13.0. The molecule has 1 unspecified atom stereocenters. The highest BCUT2D eigenvalue weighted by Crippen LogP contribution is 2.10. The molecule has 0 aromatic carbocycles. The summed E-state index contributed by atoms with van der Waals surface area (Å²) < 4.78 is 5.10. The Balaban J connectivity index is 1.80. The zero-order chi connectivity index (χ0) is 13.0. The van der Waals surface area contributed by atoms with Gasteiger partial charge in [-0.25, -0.2) is 0 Å². The van der Waals surface area contributed by atoms with Crippen molar-refractivity contribution in [3.63, 3.8) is 0 Å². The highest BCUT2D eigenvalue weighted by molar-refractivity contribution is 5.90. The number of nitrogens with one attached hydrogen (secondary N) is 2. The average molecular weight is 253 g/mol. The monoisotopic (exact) mass is 253 g/mol. The van der Waals surface area contributed by atoms with Crippen LogP contribution in [0.15, 0.2) is 4.42 Å². The molecule has 1 aliphatic rings. The number of aromatic nitrogens is 2. The van der Waals surface area contributed by atoms with Crippen LogP contribution in [0, 0.1) is 6.92 Å². The number of carbonyl (C=O) groups excluding carboxylic acids is 1. The SMILES string of the molecule is CNC1CCCN(CC(=O)Nc2nnc(C)o2)C1. The highest BCUT2D eigenvalue weighted by Gasteiger charge is 2.20. The Morgan fingerprint density at radius 2 is 2.39 bits per heavy atom.